The van der Waals surface area contributed by atoms with Gasteiger partial charge < -0.3 is 5.32 Å². The lowest BCUT2D eigenvalue weighted by molar-refractivity contribution is 0.289. The number of aryl methyl sites for hydroxylation is 1. The van der Waals surface area contributed by atoms with Gasteiger partial charge in [0.2, 0.25) is 0 Å². The van der Waals surface area contributed by atoms with E-state index in [-0.39, 0.29) is 0 Å². The SMILES string of the molecule is Cc1ccc(C2CC(NCc3ccccc3)C2)cc1. The van der Waals surface area contributed by atoms with E-state index in [4.69, 9.17) is 0 Å². The Morgan fingerprint density at radius 3 is 2.32 bits per heavy atom. The molecule has 0 aromatic heterocycles. The molecule has 0 saturated heterocycles. The Kier molecular flexibility index (Phi) is 3.65. The van der Waals surface area contributed by atoms with Crippen LogP contribution >= 0.6 is 0 Å². The topological polar surface area (TPSA) is 12.0 Å². The lowest BCUT2D eigenvalue weighted by atomic mass is 9.75. The van der Waals surface area contributed by atoms with Crippen molar-refractivity contribution in [3.05, 3.63) is 71.3 Å². The van der Waals surface area contributed by atoms with Crippen LogP contribution in [-0.4, -0.2) is 6.04 Å². The predicted octanol–water partition coefficient (Wildman–Crippen LogP) is 4.03. The lowest BCUT2D eigenvalue weighted by Gasteiger charge is -2.36. The highest BCUT2D eigenvalue weighted by molar-refractivity contribution is 5.27. The maximum Gasteiger partial charge on any atom is 0.0208 e. The first-order valence-electron chi connectivity index (χ1n) is 7.15. The molecular formula is C18H21N. The van der Waals surface area contributed by atoms with E-state index in [2.05, 4.69) is 66.8 Å². The van der Waals surface area contributed by atoms with Crippen LogP contribution in [0.3, 0.4) is 0 Å². The van der Waals surface area contributed by atoms with Gasteiger partial charge in [0.1, 0.15) is 0 Å². The van der Waals surface area contributed by atoms with Gasteiger partial charge in [-0.3, -0.25) is 0 Å². The highest BCUT2D eigenvalue weighted by Crippen LogP contribution is 2.36. The molecule has 3 rings (SSSR count). The van der Waals surface area contributed by atoms with Gasteiger partial charge in [0.05, 0.1) is 0 Å². The Morgan fingerprint density at radius 1 is 0.947 bits per heavy atom. The summed E-state index contributed by atoms with van der Waals surface area (Å²) < 4.78 is 0. The van der Waals surface area contributed by atoms with Gasteiger partial charge in [-0.25, -0.2) is 0 Å². The molecule has 1 saturated carbocycles. The molecule has 1 N–H and O–H groups in total. The molecule has 0 heterocycles. The largest absolute Gasteiger partial charge is 0.310 e. The van der Waals surface area contributed by atoms with Crippen LogP contribution in [0.15, 0.2) is 54.6 Å². The van der Waals surface area contributed by atoms with E-state index in [0.29, 0.717) is 6.04 Å². The van der Waals surface area contributed by atoms with E-state index in [9.17, 15) is 0 Å². The molecule has 1 aliphatic carbocycles. The lowest BCUT2D eigenvalue weighted by Crippen LogP contribution is -2.39. The van der Waals surface area contributed by atoms with E-state index < -0.39 is 0 Å². The molecule has 98 valence electrons. The zero-order valence-corrected chi connectivity index (χ0v) is 11.5. The fourth-order valence-electron chi connectivity index (χ4n) is 2.75. The van der Waals surface area contributed by atoms with E-state index in [1.165, 1.54) is 29.5 Å². The Bertz CT molecular complexity index is 509. The van der Waals surface area contributed by atoms with E-state index >= 15 is 0 Å². The van der Waals surface area contributed by atoms with Crippen molar-refractivity contribution >= 4 is 0 Å². The number of nitrogens with one attached hydrogen (secondary N) is 1. The Hall–Kier alpha value is -1.60. The Morgan fingerprint density at radius 2 is 1.63 bits per heavy atom. The van der Waals surface area contributed by atoms with Crippen molar-refractivity contribution in [1.29, 1.82) is 0 Å². The van der Waals surface area contributed by atoms with Crippen molar-refractivity contribution < 1.29 is 0 Å². The smallest absolute Gasteiger partial charge is 0.0208 e. The molecule has 0 atom stereocenters. The second-order valence-corrected chi connectivity index (χ2v) is 5.64. The predicted molar refractivity (Wildman–Crippen MR) is 80.2 cm³/mol. The number of rotatable bonds is 4. The minimum atomic E-state index is 0.687. The number of hydrogen-bond donors (Lipinski definition) is 1. The standard InChI is InChI=1S/C18H21N/c1-14-7-9-16(10-8-14)17-11-18(12-17)19-13-15-5-3-2-4-6-15/h2-10,17-19H,11-13H2,1H3. The summed E-state index contributed by atoms with van der Waals surface area (Å²) in [6.07, 6.45) is 2.55. The average molecular weight is 251 g/mol. The van der Waals surface area contributed by atoms with Crippen molar-refractivity contribution in [3.8, 4) is 0 Å². The minimum Gasteiger partial charge on any atom is -0.310 e. The summed E-state index contributed by atoms with van der Waals surface area (Å²) in [6, 6.07) is 20.3. The first-order valence-corrected chi connectivity index (χ1v) is 7.15. The van der Waals surface area contributed by atoms with Gasteiger partial charge >= 0.3 is 0 Å². The first-order chi connectivity index (χ1) is 9.31. The molecule has 0 radical (unpaired) electrons. The third-order valence-electron chi connectivity index (χ3n) is 4.12. The molecule has 1 heteroatoms. The molecule has 2 aromatic carbocycles. The third-order valence-corrected chi connectivity index (χ3v) is 4.12. The summed E-state index contributed by atoms with van der Waals surface area (Å²) in [5, 5.41) is 3.65. The molecule has 1 aliphatic rings. The van der Waals surface area contributed by atoms with Crippen LogP contribution in [0.1, 0.15) is 35.4 Å². The quantitative estimate of drug-likeness (QED) is 0.865. The van der Waals surface area contributed by atoms with Gasteiger partial charge in [-0.1, -0.05) is 60.2 Å². The highest BCUT2D eigenvalue weighted by Gasteiger charge is 2.29. The average Bonchev–Trinajstić information content (AvgIpc) is 2.40. The normalized spacial score (nSPS) is 21.9. The summed E-state index contributed by atoms with van der Waals surface area (Å²) >= 11 is 0. The fraction of sp³-hybridized carbons (Fsp3) is 0.333. The Balaban J connectivity index is 1.47. The summed E-state index contributed by atoms with van der Waals surface area (Å²) in [5.74, 6) is 0.758. The zero-order chi connectivity index (χ0) is 13.1. The molecular weight excluding hydrogens is 230 g/mol. The molecule has 1 fully saturated rings. The molecule has 1 nitrogen and oxygen atoms in total. The second kappa shape index (κ2) is 5.58. The molecule has 19 heavy (non-hydrogen) atoms. The monoisotopic (exact) mass is 251 g/mol. The summed E-state index contributed by atoms with van der Waals surface area (Å²) in [6.45, 7) is 3.14. The number of hydrogen-bond acceptors (Lipinski definition) is 1. The van der Waals surface area contributed by atoms with Gasteiger partial charge in [-0.2, -0.15) is 0 Å². The van der Waals surface area contributed by atoms with Crippen LogP contribution < -0.4 is 5.32 Å². The van der Waals surface area contributed by atoms with Crippen molar-refractivity contribution in [2.45, 2.75) is 38.3 Å². The van der Waals surface area contributed by atoms with Crippen molar-refractivity contribution in [2.24, 2.45) is 0 Å². The molecule has 0 bridgehead atoms. The van der Waals surface area contributed by atoms with Crippen molar-refractivity contribution in [1.82, 2.24) is 5.32 Å². The van der Waals surface area contributed by atoms with Crippen LogP contribution in [-0.2, 0) is 6.54 Å². The van der Waals surface area contributed by atoms with Gasteiger partial charge in [0, 0.05) is 12.6 Å². The van der Waals surface area contributed by atoms with Crippen LogP contribution in [0.25, 0.3) is 0 Å². The second-order valence-electron chi connectivity index (χ2n) is 5.64. The third kappa shape index (κ3) is 3.05. The van der Waals surface area contributed by atoms with Gasteiger partial charge in [0.25, 0.3) is 0 Å². The van der Waals surface area contributed by atoms with Crippen molar-refractivity contribution in [3.63, 3.8) is 0 Å². The van der Waals surface area contributed by atoms with Crippen LogP contribution in [0.2, 0.25) is 0 Å². The Labute approximate surface area is 115 Å². The van der Waals surface area contributed by atoms with Crippen LogP contribution in [0.5, 0.6) is 0 Å². The zero-order valence-electron chi connectivity index (χ0n) is 11.5. The number of benzene rings is 2. The van der Waals surface area contributed by atoms with Crippen LogP contribution in [0, 0.1) is 6.92 Å². The first kappa shape index (κ1) is 12.4. The fourth-order valence-corrected chi connectivity index (χ4v) is 2.75. The van der Waals surface area contributed by atoms with Crippen molar-refractivity contribution in [2.75, 3.05) is 0 Å². The molecule has 0 unspecified atom stereocenters. The molecule has 0 amide bonds. The van der Waals surface area contributed by atoms with E-state index in [1.807, 2.05) is 0 Å². The molecule has 2 aromatic rings. The molecule has 0 aliphatic heterocycles. The van der Waals surface area contributed by atoms with Crippen LogP contribution in [0.4, 0.5) is 0 Å². The summed E-state index contributed by atoms with van der Waals surface area (Å²) in [7, 11) is 0. The molecule has 0 spiro atoms. The summed E-state index contributed by atoms with van der Waals surface area (Å²) in [4.78, 5) is 0. The van der Waals surface area contributed by atoms with Gasteiger partial charge in [-0.05, 0) is 36.8 Å². The maximum absolute atomic E-state index is 3.65. The van der Waals surface area contributed by atoms with E-state index in [1.54, 1.807) is 0 Å². The van der Waals surface area contributed by atoms with E-state index in [0.717, 1.165) is 12.5 Å². The van der Waals surface area contributed by atoms with Gasteiger partial charge in [0.15, 0.2) is 0 Å². The van der Waals surface area contributed by atoms with Gasteiger partial charge in [-0.15, -0.1) is 0 Å². The maximum atomic E-state index is 3.65. The summed E-state index contributed by atoms with van der Waals surface area (Å²) in [5.41, 5.74) is 4.23. The highest BCUT2D eigenvalue weighted by atomic mass is 14.9. The minimum absolute atomic E-state index is 0.687.